The number of Topliss-reactive ketones (excluding diaryl/α,β-unsaturated/α-hetero) is 1. The van der Waals surface area contributed by atoms with Crippen LogP contribution in [0.3, 0.4) is 0 Å². The Morgan fingerprint density at radius 1 is 1.12 bits per heavy atom. The number of hydrogen-bond acceptors (Lipinski definition) is 5. The average Bonchev–Trinajstić information content (AvgIpc) is 3.16. The van der Waals surface area contributed by atoms with Gasteiger partial charge in [0, 0.05) is 26.6 Å². The maximum atomic E-state index is 13.2. The molecule has 2 aliphatic rings. The van der Waals surface area contributed by atoms with Crippen LogP contribution in [0.2, 0.25) is 5.02 Å². The molecule has 5 rings (SSSR count). The SMILES string of the molecule is COc1ccc(C(=O)CN2C(=O)CN=C(c3ccccc3Cl)c3c2sc2c3CCCC2)cc1. The van der Waals surface area contributed by atoms with Crippen LogP contribution in [-0.2, 0) is 17.6 Å². The number of anilines is 1. The third kappa shape index (κ3) is 4.09. The standard InChI is InChI=1S/C26H23ClN2O3S/c1-32-17-12-10-16(11-13-17)21(30)15-29-23(31)14-28-25(18-6-2-4-8-20(18)27)24-19-7-3-5-9-22(19)33-26(24)29/h2,4,6,8,10-13H,3,5,7,9,14-15H2,1H3. The number of benzene rings is 2. The van der Waals surface area contributed by atoms with Gasteiger partial charge in [-0.3, -0.25) is 19.5 Å². The molecule has 1 aromatic heterocycles. The molecule has 168 valence electrons. The van der Waals surface area contributed by atoms with Crippen LogP contribution in [0.4, 0.5) is 5.00 Å². The molecule has 33 heavy (non-hydrogen) atoms. The molecule has 1 aliphatic heterocycles. The van der Waals surface area contributed by atoms with Crippen molar-refractivity contribution < 1.29 is 14.3 Å². The number of methoxy groups -OCH3 is 1. The zero-order valence-electron chi connectivity index (χ0n) is 18.3. The molecule has 2 heterocycles. The number of halogens is 1. The number of rotatable bonds is 5. The molecule has 0 saturated heterocycles. The van der Waals surface area contributed by atoms with E-state index < -0.39 is 0 Å². The lowest BCUT2D eigenvalue weighted by atomic mass is 9.91. The minimum Gasteiger partial charge on any atom is -0.497 e. The second-order valence-electron chi connectivity index (χ2n) is 8.17. The molecule has 0 saturated carbocycles. The first-order valence-electron chi connectivity index (χ1n) is 11.0. The van der Waals surface area contributed by atoms with Crippen LogP contribution in [0.25, 0.3) is 0 Å². The molecular formula is C26H23ClN2O3S. The van der Waals surface area contributed by atoms with Gasteiger partial charge in [0.2, 0.25) is 5.91 Å². The molecule has 7 heteroatoms. The average molecular weight is 479 g/mol. The fourth-order valence-electron chi connectivity index (χ4n) is 4.46. The third-order valence-electron chi connectivity index (χ3n) is 6.15. The number of hydrogen-bond donors (Lipinski definition) is 0. The quantitative estimate of drug-likeness (QED) is 0.464. The molecule has 0 fully saturated rings. The van der Waals surface area contributed by atoms with Crippen LogP contribution in [-0.4, -0.2) is 37.6 Å². The van der Waals surface area contributed by atoms with Gasteiger partial charge in [-0.05, 0) is 61.6 Å². The molecule has 0 radical (unpaired) electrons. The van der Waals surface area contributed by atoms with Gasteiger partial charge in [-0.15, -0.1) is 11.3 Å². The molecule has 0 bridgehead atoms. The van der Waals surface area contributed by atoms with E-state index in [2.05, 4.69) is 0 Å². The van der Waals surface area contributed by atoms with E-state index in [4.69, 9.17) is 21.3 Å². The Hall–Kier alpha value is -2.96. The van der Waals surface area contributed by atoms with E-state index in [9.17, 15) is 9.59 Å². The summed E-state index contributed by atoms with van der Waals surface area (Å²) in [4.78, 5) is 34.0. The minimum atomic E-state index is -0.182. The lowest BCUT2D eigenvalue weighted by Gasteiger charge is -2.20. The van der Waals surface area contributed by atoms with Crippen LogP contribution in [0.5, 0.6) is 5.75 Å². The number of amides is 1. The Kier molecular flexibility index (Phi) is 6.04. The van der Waals surface area contributed by atoms with Crippen LogP contribution in [0, 0.1) is 0 Å². The van der Waals surface area contributed by atoms with Crippen LogP contribution >= 0.6 is 22.9 Å². The molecule has 0 N–H and O–H groups in total. The van der Waals surface area contributed by atoms with E-state index in [0.29, 0.717) is 16.3 Å². The van der Waals surface area contributed by atoms with Crippen molar-refractivity contribution in [3.8, 4) is 5.75 Å². The maximum Gasteiger partial charge on any atom is 0.249 e. The zero-order chi connectivity index (χ0) is 22.9. The predicted molar refractivity (Wildman–Crippen MR) is 133 cm³/mol. The smallest absolute Gasteiger partial charge is 0.249 e. The number of thiophene rings is 1. The van der Waals surface area contributed by atoms with Crippen molar-refractivity contribution in [2.75, 3.05) is 25.1 Å². The summed E-state index contributed by atoms with van der Waals surface area (Å²) in [6, 6.07) is 14.6. The second-order valence-corrected chi connectivity index (χ2v) is 9.66. The van der Waals surface area contributed by atoms with Gasteiger partial charge in [0.25, 0.3) is 0 Å². The van der Waals surface area contributed by atoms with E-state index in [1.165, 1.54) is 10.4 Å². The number of aryl methyl sites for hydroxylation is 1. The van der Waals surface area contributed by atoms with Crippen molar-refractivity contribution in [3.63, 3.8) is 0 Å². The Morgan fingerprint density at radius 2 is 1.88 bits per heavy atom. The van der Waals surface area contributed by atoms with Crippen molar-refractivity contribution in [1.29, 1.82) is 0 Å². The maximum absolute atomic E-state index is 13.2. The fourth-order valence-corrected chi connectivity index (χ4v) is 6.09. The highest BCUT2D eigenvalue weighted by molar-refractivity contribution is 7.17. The highest BCUT2D eigenvalue weighted by Crippen LogP contribution is 2.43. The summed E-state index contributed by atoms with van der Waals surface area (Å²) in [6.45, 7) is -0.0461. The van der Waals surface area contributed by atoms with Crippen LogP contribution in [0.1, 0.15) is 44.8 Å². The fraction of sp³-hybridized carbons (Fsp3) is 0.269. The summed E-state index contributed by atoms with van der Waals surface area (Å²) in [5, 5.41) is 1.41. The summed E-state index contributed by atoms with van der Waals surface area (Å²) in [5.41, 5.74) is 4.33. The number of aliphatic imine (C=N–C) groups is 1. The molecule has 0 atom stereocenters. The molecule has 0 spiro atoms. The van der Waals surface area contributed by atoms with Gasteiger partial charge in [-0.1, -0.05) is 29.8 Å². The van der Waals surface area contributed by atoms with Crippen LogP contribution < -0.4 is 9.64 Å². The van der Waals surface area contributed by atoms with Crippen molar-refractivity contribution in [1.82, 2.24) is 0 Å². The Morgan fingerprint density at radius 3 is 2.64 bits per heavy atom. The van der Waals surface area contributed by atoms with Gasteiger partial charge in [0.15, 0.2) is 5.78 Å². The van der Waals surface area contributed by atoms with Crippen LogP contribution in [0.15, 0.2) is 53.5 Å². The summed E-state index contributed by atoms with van der Waals surface area (Å²) in [5.74, 6) is 0.381. The number of ether oxygens (including phenoxy) is 1. The number of carbonyl (C=O) groups is 2. The first kappa shape index (κ1) is 21.9. The number of ketones is 1. The van der Waals surface area contributed by atoms with Gasteiger partial charge < -0.3 is 4.74 Å². The lowest BCUT2D eigenvalue weighted by molar-refractivity contribution is -0.117. The van der Waals surface area contributed by atoms with Crippen molar-refractivity contribution in [2.24, 2.45) is 4.99 Å². The molecule has 3 aromatic rings. The van der Waals surface area contributed by atoms with Gasteiger partial charge in [-0.2, -0.15) is 0 Å². The summed E-state index contributed by atoms with van der Waals surface area (Å²) in [7, 11) is 1.59. The van der Waals surface area contributed by atoms with E-state index in [-0.39, 0.29) is 24.8 Å². The molecule has 2 aromatic carbocycles. The third-order valence-corrected chi connectivity index (χ3v) is 7.80. The Bertz CT molecular complexity index is 1260. The van der Waals surface area contributed by atoms with E-state index in [1.54, 1.807) is 47.6 Å². The highest BCUT2D eigenvalue weighted by atomic mass is 35.5. The largest absolute Gasteiger partial charge is 0.497 e. The van der Waals surface area contributed by atoms with Crippen molar-refractivity contribution in [2.45, 2.75) is 25.7 Å². The minimum absolute atomic E-state index is 0.0212. The van der Waals surface area contributed by atoms with Gasteiger partial charge in [0.1, 0.15) is 17.3 Å². The molecule has 5 nitrogen and oxygen atoms in total. The van der Waals surface area contributed by atoms with Gasteiger partial charge in [0.05, 0.1) is 19.4 Å². The predicted octanol–water partition coefficient (Wildman–Crippen LogP) is 5.36. The first-order chi connectivity index (χ1) is 16.1. The van der Waals surface area contributed by atoms with E-state index in [1.807, 2.05) is 24.3 Å². The first-order valence-corrected chi connectivity index (χ1v) is 12.2. The zero-order valence-corrected chi connectivity index (χ0v) is 19.8. The number of fused-ring (bicyclic) bond motifs is 3. The Balaban J connectivity index is 1.58. The molecule has 1 aliphatic carbocycles. The summed E-state index contributed by atoms with van der Waals surface area (Å²) >= 11 is 8.17. The highest BCUT2D eigenvalue weighted by Gasteiger charge is 2.33. The van der Waals surface area contributed by atoms with E-state index >= 15 is 0 Å². The topological polar surface area (TPSA) is 59.0 Å². The normalized spacial score (nSPS) is 15.4. The number of nitrogens with zero attached hydrogens (tertiary/aromatic N) is 2. The van der Waals surface area contributed by atoms with Gasteiger partial charge >= 0.3 is 0 Å². The van der Waals surface area contributed by atoms with E-state index in [0.717, 1.165) is 47.5 Å². The second kappa shape index (κ2) is 9.12. The molecular weight excluding hydrogens is 456 g/mol. The van der Waals surface area contributed by atoms with Gasteiger partial charge in [-0.25, -0.2) is 0 Å². The monoisotopic (exact) mass is 478 g/mol. The summed E-state index contributed by atoms with van der Waals surface area (Å²) < 4.78 is 5.19. The Labute approximate surface area is 201 Å². The number of carbonyl (C=O) groups excluding carboxylic acids is 2. The summed E-state index contributed by atoms with van der Waals surface area (Å²) in [6.07, 6.45) is 4.16. The molecule has 0 unspecified atom stereocenters. The molecule has 1 amide bonds. The lowest BCUT2D eigenvalue weighted by Crippen LogP contribution is -2.36. The van der Waals surface area contributed by atoms with Crippen molar-refractivity contribution in [3.05, 3.63) is 80.7 Å². The van der Waals surface area contributed by atoms with Crippen molar-refractivity contribution >= 4 is 45.3 Å².